The summed E-state index contributed by atoms with van der Waals surface area (Å²) >= 11 is 0. The predicted octanol–water partition coefficient (Wildman–Crippen LogP) is 1.49. The highest BCUT2D eigenvalue weighted by atomic mass is 19.4. The number of aromatic amines is 1. The number of imidazole rings is 1. The van der Waals surface area contributed by atoms with E-state index >= 15 is 0 Å². The van der Waals surface area contributed by atoms with Crippen LogP contribution in [0.5, 0.6) is 0 Å². The number of benzene rings is 1. The lowest BCUT2D eigenvalue weighted by atomic mass is 10.1. The minimum Gasteiger partial charge on any atom is -0.361 e. The Morgan fingerprint density at radius 1 is 1.25 bits per heavy atom. The van der Waals surface area contributed by atoms with Gasteiger partial charge < -0.3 is 15.1 Å². The number of H-pyrrole nitrogens is 1. The van der Waals surface area contributed by atoms with Gasteiger partial charge in [0.25, 0.3) is 5.91 Å². The van der Waals surface area contributed by atoms with Crippen LogP contribution in [0.2, 0.25) is 0 Å². The van der Waals surface area contributed by atoms with Crippen molar-refractivity contribution >= 4 is 22.9 Å². The Hall–Kier alpha value is -2.89. The summed E-state index contributed by atoms with van der Waals surface area (Å²) in [6, 6.07) is 1.85. The molecule has 12 heteroatoms. The van der Waals surface area contributed by atoms with Crippen LogP contribution in [-0.2, 0) is 9.63 Å². The molecule has 152 valence electrons. The summed E-state index contributed by atoms with van der Waals surface area (Å²) in [5, 5.41) is 3.18. The highest BCUT2D eigenvalue weighted by molar-refractivity contribution is 5.97. The number of alkyl halides is 3. The number of halogens is 4. The monoisotopic (exact) mass is 404 g/mol. The zero-order valence-electron chi connectivity index (χ0n) is 14.6. The van der Waals surface area contributed by atoms with Crippen LogP contribution in [0.1, 0.15) is 29.2 Å². The number of nitrogens with zero attached hydrogens (tertiary/aromatic N) is 2. The lowest BCUT2D eigenvalue weighted by molar-refractivity contribution is -0.242. The fourth-order valence-corrected chi connectivity index (χ4v) is 3.18. The molecule has 1 aliphatic heterocycles. The third-order valence-corrected chi connectivity index (χ3v) is 4.51. The van der Waals surface area contributed by atoms with Crippen molar-refractivity contribution < 1.29 is 32.0 Å². The van der Waals surface area contributed by atoms with E-state index in [1.807, 2.05) is 0 Å². The number of carbonyl (C=O) groups is 2. The maximum Gasteiger partial charge on any atom is 0.492 e. The Labute approximate surface area is 155 Å². The SMILES string of the molecule is CNC(=O)c1cc2[nH]c(=O)n(C3CCN(OC(=O)C(F)(F)F)CC3)c2cc1F. The van der Waals surface area contributed by atoms with Crippen molar-refractivity contribution in [3.8, 4) is 0 Å². The van der Waals surface area contributed by atoms with Gasteiger partial charge in [-0.2, -0.15) is 13.2 Å². The lowest BCUT2D eigenvalue weighted by Crippen LogP contribution is -2.41. The molecule has 1 aliphatic rings. The minimum atomic E-state index is -5.09. The van der Waals surface area contributed by atoms with E-state index < -0.39 is 35.6 Å². The molecule has 1 fully saturated rings. The summed E-state index contributed by atoms with van der Waals surface area (Å²) < 4.78 is 52.4. The molecule has 0 spiro atoms. The summed E-state index contributed by atoms with van der Waals surface area (Å²) in [5.41, 5.74) is -0.261. The minimum absolute atomic E-state index is 0.0234. The van der Waals surface area contributed by atoms with Gasteiger partial charge in [-0.3, -0.25) is 9.36 Å². The largest absolute Gasteiger partial charge is 0.492 e. The van der Waals surface area contributed by atoms with Crippen LogP contribution in [0.3, 0.4) is 0 Å². The van der Waals surface area contributed by atoms with E-state index in [0.717, 1.165) is 11.1 Å². The van der Waals surface area contributed by atoms with Gasteiger partial charge >= 0.3 is 17.8 Å². The Bertz CT molecular complexity index is 973. The van der Waals surface area contributed by atoms with Crippen molar-refractivity contribution in [1.29, 1.82) is 0 Å². The van der Waals surface area contributed by atoms with Gasteiger partial charge in [0, 0.05) is 32.2 Å². The van der Waals surface area contributed by atoms with E-state index in [9.17, 15) is 31.9 Å². The van der Waals surface area contributed by atoms with E-state index in [1.165, 1.54) is 17.7 Å². The maximum absolute atomic E-state index is 14.3. The molecule has 28 heavy (non-hydrogen) atoms. The molecule has 0 radical (unpaired) electrons. The number of amides is 1. The number of rotatable bonds is 3. The average Bonchev–Trinajstić information content (AvgIpc) is 2.95. The first kappa shape index (κ1) is 19.9. The Balaban J connectivity index is 1.81. The molecule has 2 aromatic rings. The molecule has 2 heterocycles. The molecule has 0 atom stereocenters. The third-order valence-electron chi connectivity index (χ3n) is 4.51. The normalized spacial score (nSPS) is 16.3. The molecule has 0 aliphatic carbocycles. The van der Waals surface area contributed by atoms with Gasteiger partial charge in [-0.15, -0.1) is 5.06 Å². The zero-order chi connectivity index (χ0) is 20.6. The Kier molecular flexibility index (Phi) is 5.15. The van der Waals surface area contributed by atoms with Gasteiger partial charge in [-0.1, -0.05) is 0 Å². The Morgan fingerprint density at radius 2 is 1.89 bits per heavy atom. The van der Waals surface area contributed by atoms with Crippen LogP contribution < -0.4 is 11.0 Å². The topological polar surface area (TPSA) is 96.4 Å². The molecule has 8 nitrogen and oxygen atoms in total. The molecule has 1 saturated heterocycles. The quantitative estimate of drug-likeness (QED) is 0.756. The lowest BCUT2D eigenvalue weighted by Gasteiger charge is -2.31. The summed E-state index contributed by atoms with van der Waals surface area (Å²) in [6.45, 7) is -0.0468. The van der Waals surface area contributed by atoms with Crippen molar-refractivity contribution in [2.75, 3.05) is 20.1 Å². The second-order valence-electron chi connectivity index (χ2n) is 6.27. The van der Waals surface area contributed by atoms with E-state index in [1.54, 1.807) is 0 Å². The second kappa shape index (κ2) is 7.26. The fraction of sp³-hybridized carbons (Fsp3) is 0.438. The maximum atomic E-state index is 14.3. The van der Waals surface area contributed by atoms with E-state index in [2.05, 4.69) is 15.1 Å². The molecule has 1 amide bonds. The molecule has 1 aromatic carbocycles. The first-order valence-electron chi connectivity index (χ1n) is 8.31. The molecule has 1 aromatic heterocycles. The van der Waals surface area contributed by atoms with Gasteiger partial charge in [0.2, 0.25) is 0 Å². The van der Waals surface area contributed by atoms with E-state index in [-0.39, 0.29) is 42.5 Å². The fourth-order valence-electron chi connectivity index (χ4n) is 3.18. The number of hydroxylamine groups is 2. The summed E-state index contributed by atoms with van der Waals surface area (Å²) in [7, 11) is 1.35. The van der Waals surface area contributed by atoms with Gasteiger partial charge in [-0.05, 0) is 18.9 Å². The standard InChI is InChI=1S/C16H16F4N4O4/c1-21-13(25)9-6-11-12(7-10(9)17)24(15(27)22-11)8-2-4-23(5-3-8)28-14(26)16(18,19)20/h6-8H,2-5H2,1H3,(H,21,25)(H,22,27). The van der Waals surface area contributed by atoms with Gasteiger partial charge in [0.15, 0.2) is 0 Å². The first-order valence-corrected chi connectivity index (χ1v) is 8.31. The number of aromatic nitrogens is 2. The highest BCUT2D eigenvalue weighted by Crippen LogP contribution is 2.27. The Morgan fingerprint density at radius 3 is 2.46 bits per heavy atom. The van der Waals surface area contributed by atoms with Crippen LogP contribution in [-0.4, -0.2) is 52.8 Å². The molecule has 0 bridgehead atoms. The number of hydrogen-bond donors (Lipinski definition) is 2. The number of piperidine rings is 1. The van der Waals surface area contributed by atoms with Crippen LogP contribution >= 0.6 is 0 Å². The number of nitrogens with one attached hydrogen (secondary N) is 2. The van der Waals surface area contributed by atoms with Crippen molar-refractivity contribution in [2.24, 2.45) is 0 Å². The van der Waals surface area contributed by atoms with Crippen molar-refractivity contribution in [2.45, 2.75) is 25.1 Å². The van der Waals surface area contributed by atoms with Gasteiger partial charge in [0.1, 0.15) is 5.82 Å². The highest BCUT2D eigenvalue weighted by Gasteiger charge is 2.43. The van der Waals surface area contributed by atoms with Crippen LogP contribution in [0, 0.1) is 5.82 Å². The number of fused-ring (bicyclic) bond motifs is 1. The summed E-state index contributed by atoms with van der Waals surface area (Å²) in [6.07, 6.45) is -4.68. The summed E-state index contributed by atoms with van der Waals surface area (Å²) in [4.78, 5) is 41.7. The van der Waals surface area contributed by atoms with Gasteiger partial charge in [0.05, 0.1) is 16.6 Å². The average molecular weight is 404 g/mol. The smallest absolute Gasteiger partial charge is 0.361 e. The van der Waals surface area contributed by atoms with Crippen LogP contribution in [0.25, 0.3) is 11.0 Å². The summed E-state index contributed by atoms with van der Waals surface area (Å²) in [5.74, 6) is -3.76. The van der Waals surface area contributed by atoms with Crippen molar-refractivity contribution in [1.82, 2.24) is 19.9 Å². The van der Waals surface area contributed by atoms with Crippen LogP contribution in [0.15, 0.2) is 16.9 Å². The first-order chi connectivity index (χ1) is 13.1. The van der Waals surface area contributed by atoms with Crippen molar-refractivity contribution in [3.63, 3.8) is 0 Å². The molecular weight excluding hydrogens is 388 g/mol. The second-order valence-corrected chi connectivity index (χ2v) is 6.27. The molecule has 2 N–H and O–H groups in total. The van der Waals surface area contributed by atoms with Crippen LogP contribution in [0.4, 0.5) is 17.6 Å². The zero-order valence-corrected chi connectivity index (χ0v) is 14.6. The molecule has 0 saturated carbocycles. The number of hydrogen-bond acceptors (Lipinski definition) is 5. The van der Waals surface area contributed by atoms with Crippen molar-refractivity contribution in [3.05, 3.63) is 34.0 Å². The number of carbonyl (C=O) groups excluding carboxylic acids is 2. The molecular formula is C16H16F4N4O4. The van der Waals surface area contributed by atoms with E-state index in [4.69, 9.17) is 0 Å². The molecule has 0 unspecified atom stereocenters. The molecule has 3 rings (SSSR count). The van der Waals surface area contributed by atoms with Gasteiger partial charge in [-0.25, -0.2) is 14.0 Å². The predicted molar refractivity (Wildman–Crippen MR) is 87.9 cm³/mol. The third kappa shape index (κ3) is 3.72. The van der Waals surface area contributed by atoms with E-state index in [0.29, 0.717) is 0 Å².